The Labute approximate surface area is 162 Å². The van der Waals surface area contributed by atoms with Crippen molar-refractivity contribution in [1.82, 2.24) is 4.98 Å². The average molecular weight is 376 g/mol. The summed E-state index contributed by atoms with van der Waals surface area (Å²) in [7, 11) is 1.35. The number of piperidine rings is 1. The highest BCUT2D eigenvalue weighted by atomic mass is 16.5. The standard InChI is InChI=1S/C18H26N2O2.C3H6O2/c1-14-11-18(19-12-15(14)13-21)20-9-7-17(8-10-20)22-16-5-3-2-4-6-16;1-3(4)5-2/h11-13,16-17H,2-10H2,1H3;1-2H3. The number of rotatable bonds is 4. The normalized spacial score (nSPS) is 18.4. The number of ether oxygens (including phenoxy) is 2. The van der Waals surface area contributed by atoms with Crippen molar-refractivity contribution >= 4 is 18.1 Å². The van der Waals surface area contributed by atoms with Gasteiger partial charge in [0.2, 0.25) is 0 Å². The molecule has 2 fully saturated rings. The number of aldehydes is 1. The van der Waals surface area contributed by atoms with Gasteiger partial charge in [-0.15, -0.1) is 0 Å². The van der Waals surface area contributed by atoms with Gasteiger partial charge >= 0.3 is 5.97 Å². The summed E-state index contributed by atoms with van der Waals surface area (Å²) in [5.74, 6) is 0.740. The summed E-state index contributed by atoms with van der Waals surface area (Å²) in [6.07, 6.45) is 12.1. The third-order valence-corrected chi connectivity index (χ3v) is 5.25. The van der Waals surface area contributed by atoms with E-state index in [2.05, 4.69) is 14.6 Å². The van der Waals surface area contributed by atoms with E-state index in [4.69, 9.17) is 4.74 Å². The predicted molar refractivity (Wildman–Crippen MR) is 105 cm³/mol. The Morgan fingerprint density at radius 3 is 2.26 bits per heavy atom. The Hall–Kier alpha value is -1.95. The Morgan fingerprint density at radius 1 is 1.15 bits per heavy atom. The number of hydrogen-bond donors (Lipinski definition) is 0. The molecule has 1 aliphatic carbocycles. The van der Waals surface area contributed by atoms with Crippen molar-refractivity contribution < 1.29 is 19.1 Å². The van der Waals surface area contributed by atoms with E-state index >= 15 is 0 Å². The van der Waals surface area contributed by atoms with E-state index in [0.29, 0.717) is 17.8 Å². The Balaban J connectivity index is 0.000000465. The van der Waals surface area contributed by atoms with Gasteiger partial charge in [-0.1, -0.05) is 19.3 Å². The summed E-state index contributed by atoms with van der Waals surface area (Å²) in [6.45, 7) is 5.31. The molecule has 0 radical (unpaired) electrons. The Kier molecular flexibility index (Phi) is 8.72. The summed E-state index contributed by atoms with van der Waals surface area (Å²) in [5.41, 5.74) is 1.68. The van der Waals surface area contributed by atoms with Crippen LogP contribution in [-0.2, 0) is 14.3 Å². The number of hydrogen-bond acceptors (Lipinski definition) is 6. The molecule has 6 nitrogen and oxygen atoms in total. The Morgan fingerprint density at radius 2 is 1.74 bits per heavy atom. The first-order chi connectivity index (χ1) is 13.0. The third-order valence-electron chi connectivity index (χ3n) is 5.25. The maximum Gasteiger partial charge on any atom is 0.302 e. The summed E-state index contributed by atoms with van der Waals surface area (Å²) in [4.78, 5) is 27.2. The number of esters is 1. The quantitative estimate of drug-likeness (QED) is 0.589. The van der Waals surface area contributed by atoms with Gasteiger partial charge in [-0.3, -0.25) is 9.59 Å². The lowest BCUT2D eigenvalue weighted by molar-refractivity contribution is -0.137. The minimum absolute atomic E-state index is 0.245. The van der Waals surface area contributed by atoms with Crippen molar-refractivity contribution in [1.29, 1.82) is 0 Å². The molecule has 0 aromatic carbocycles. The van der Waals surface area contributed by atoms with Crippen molar-refractivity contribution in [2.24, 2.45) is 0 Å². The lowest BCUT2D eigenvalue weighted by Crippen LogP contribution is -2.39. The molecule has 0 amide bonds. The largest absolute Gasteiger partial charge is 0.469 e. The van der Waals surface area contributed by atoms with Gasteiger partial charge in [-0.05, 0) is 44.2 Å². The molecule has 150 valence electrons. The fourth-order valence-corrected chi connectivity index (χ4v) is 3.54. The van der Waals surface area contributed by atoms with E-state index in [1.165, 1.54) is 46.1 Å². The van der Waals surface area contributed by atoms with Crippen LogP contribution in [0.1, 0.15) is 67.8 Å². The summed E-state index contributed by atoms with van der Waals surface area (Å²) in [5, 5.41) is 0. The second-order valence-electron chi connectivity index (χ2n) is 7.30. The monoisotopic (exact) mass is 376 g/mol. The van der Waals surface area contributed by atoms with Gasteiger partial charge in [0.05, 0.1) is 19.3 Å². The second-order valence-corrected chi connectivity index (χ2v) is 7.30. The maximum atomic E-state index is 10.9. The third kappa shape index (κ3) is 6.94. The van der Waals surface area contributed by atoms with Gasteiger partial charge in [-0.2, -0.15) is 0 Å². The van der Waals surface area contributed by atoms with Crippen LogP contribution in [0.5, 0.6) is 0 Å². The highest BCUT2D eigenvalue weighted by Crippen LogP contribution is 2.26. The van der Waals surface area contributed by atoms with Crippen LogP contribution in [0.3, 0.4) is 0 Å². The zero-order chi connectivity index (χ0) is 19.6. The smallest absolute Gasteiger partial charge is 0.302 e. The highest BCUT2D eigenvalue weighted by Gasteiger charge is 2.24. The molecule has 2 heterocycles. The Bertz CT molecular complexity index is 606. The van der Waals surface area contributed by atoms with Crippen molar-refractivity contribution in [2.45, 2.75) is 71.0 Å². The van der Waals surface area contributed by atoms with Crippen LogP contribution < -0.4 is 4.90 Å². The number of nitrogens with zero attached hydrogens (tertiary/aromatic N) is 2. The number of aromatic nitrogens is 1. The number of carbonyl (C=O) groups is 2. The molecule has 2 aliphatic rings. The zero-order valence-corrected chi connectivity index (χ0v) is 16.8. The van der Waals surface area contributed by atoms with Gasteiger partial charge in [-0.25, -0.2) is 4.98 Å². The minimum Gasteiger partial charge on any atom is -0.469 e. The molecule has 0 atom stereocenters. The predicted octanol–water partition coefficient (Wildman–Crippen LogP) is 3.70. The number of anilines is 1. The van der Waals surface area contributed by atoms with Gasteiger partial charge in [0.25, 0.3) is 0 Å². The summed E-state index contributed by atoms with van der Waals surface area (Å²) < 4.78 is 10.4. The molecule has 27 heavy (non-hydrogen) atoms. The summed E-state index contributed by atoms with van der Waals surface area (Å²) >= 11 is 0. The molecule has 0 N–H and O–H groups in total. The van der Waals surface area contributed by atoms with Crippen LogP contribution in [0.15, 0.2) is 12.3 Å². The lowest BCUT2D eigenvalue weighted by atomic mass is 9.97. The number of carbonyl (C=O) groups excluding carboxylic acids is 2. The molecule has 0 unspecified atom stereocenters. The molecule has 0 spiro atoms. The van der Waals surface area contributed by atoms with E-state index in [9.17, 15) is 9.59 Å². The molecular weight excluding hydrogens is 344 g/mol. The van der Waals surface area contributed by atoms with E-state index in [1.54, 1.807) is 6.20 Å². The molecule has 6 heteroatoms. The first kappa shape index (κ1) is 21.4. The van der Waals surface area contributed by atoms with Crippen LogP contribution in [0.25, 0.3) is 0 Å². The van der Waals surface area contributed by atoms with Crippen LogP contribution in [0.4, 0.5) is 5.82 Å². The van der Waals surface area contributed by atoms with Gasteiger partial charge in [0.15, 0.2) is 6.29 Å². The van der Waals surface area contributed by atoms with Gasteiger partial charge in [0, 0.05) is 31.8 Å². The van der Waals surface area contributed by atoms with Crippen molar-refractivity contribution in [2.75, 3.05) is 25.1 Å². The van der Waals surface area contributed by atoms with Crippen LogP contribution >= 0.6 is 0 Å². The maximum absolute atomic E-state index is 10.9. The average Bonchev–Trinajstić information content (AvgIpc) is 2.70. The molecule has 1 aliphatic heterocycles. The number of aryl methyl sites for hydroxylation is 1. The van der Waals surface area contributed by atoms with Crippen molar-refractivity contribution in [3.63, 3.8) is 0 Å². The van der Waals surface area contributed by atoms with Crippen molar-refractivity contribution in [3.8, 4) is 0 Å². The second kappa shape index (κ2) is 11.0. The van der Waals surface area contributed by atoms with Crippen LogP contribution in [-0.4, -0.2) is 49.6 Å². The summed E-state index contributed by atoms with van der Waals surface area (Å²) in [6, 6.07) is 2.02. The molecule has 0 bridgehead atoms. The molecule has 1 saturated carbocycles. The SMILES string of the molecule is COC(C)=O.Cc1cc(N2CCC(OC3CCCCC3)CC2)ncc1C=O. The first-order valence-electron chi connectivity index (χ1n) is 9.90. The molecule has 3 rings (SSSR count). The fraction of sp³-hybridized carbons (Fsp3) is 0.667. The lowest BCUT2D eigenvalue weighted by Gasteiger charge is -2.35. The zero-order valence-electron chi connectivity index (χ0n) is 16.8. The molecule has 1 aromatic heterocycles. The first-order valence-corrected chi connectivity index (χ1v) is 9.90. The molecule has 1 saturated heterocycles. The molecular formula is C21H32N2O4. The minimum atomic E-state index is -0.245. The van der Waals surface area contributed by atoms with Crippen LogP contribution in [0.2, 0.25) is 0 Å². The van der Waals surface area contributed by atoms with E-state index < -0.39 is 0 Å². The van der Waals surface area contributed by atoms with E-state index in [1.807, 2.05) is 13.0 Å². The highest BCUT2D eigenvalue weighted by molar-refractivity contribution is 5.77. The van der Waals surface area contributed by atoms with Crippen LogP contribution in [0, 0.1) is 6.92 Å². The van der Waals surface area contributed by atoms with Gasteiger partial charge in [0.1, 0.15) is 5.82 Å². The number of methoxy groups -OCH3 is 1. The van der Waals surface area contributed by atoms with Gasteiger partial charge < -0.3 is 14.4 Å². The van der Waals surface area contributed by atoms with E-state index in [0.717, 1.165) is 43.6 Å². The number of pyridine rings is 1. The van der Waals surface area contributed by atoms with E-state index in [-0.39, 0.29) is 5.97 Å². The molecule has 1 aromatic rings. The topological polar surface area (TPSA) is 68.7 Å². The fourth-order valence-electron chi connectivity index (χ4n) is 3.54. The van der Waals surface area contributed by atoms with Crippen molar-refractivity contribution in [3.05, 3.63) is 23.4 Å².